The zero-order valence-corrected chi connectivity index (χ0v) is 40.2. The number of rotatable bonds is 10. The molecule has 2 heterocycles. The first-order valence-electron chi connectivity index (χ1n) is 23.5. The molecule has 12 aromatic rings. The molecule has 0 aliphatic heterocycles. The van der Waals surface area contributed by atoms with Crippen molar-refractivity contribution in [1.29, 1.82) is 5.26 Å². The van der Waals surface area contributed by atoms with E-state index in [1.165, 1.54) is 17.6 Å². The van der Waals surface area contributed by atoms with Crippen molar-refractivity contribution in [3.8, 4) is 68.2 Å². The smallest absolute Gasteiger partial charge is 0.0365 e. The Kier molecular flexibility index (Phi) is 11.1. The van der Waals surface area contributed by atoms with E-state index in [4.69, 9.17) is 15.0 Å². The molecule has 5 nitrogen and oxygen atoms in total. The normalized spacial score (nSPS) is 11.4. The first kappa shape index (κ1) is 42.4. The van der Waals surface area contributed by atoms with Crippen molar-refractivity contribution in [2.24, 2.45) is 0 Å². The third-order valence-electron chi connectivity index (χ3n) is 13.4. The monoisotopic (exact) mass is 955 g/mol. The van der Waals surface area contributed by atoms with Crippen LogP contribution in [0, 0.1) is 11.3 Å². The number of aromatic nitrogens is 4. The third-order valence-corrected chi connectivity index (χ3v) is 23.4. The summed E-state index contributed by atoms with van der Waals surface area (Å²) >= 11 is -3.61. The summed E-state index contributed by atoms with van der Waals surface area (Å²) in [5, 5.41) is 12.0. The van der Waals surface area contributed by atoms with Crippen LogP contribution in [0.3, 0.4) is 0 Å². The molecule has 0 amide bonds. The summed E-state index contributed by atoms with van der Waals surface area (Å²) < 4.78 is 7.79. The molecule has 0 atom stereocenters. The van der Waals surface area contributed by atoms with Gasteiger partial charge in [0.25, 0.3) is 0 Å². The largest absolute Gasteiger partial charge is 0.0365 e. The van der Waals surface area contributed by atoms with Gasteiger partial charge in [0, 0.05) is 0 Å². The van der Waals surface area contributed by atoms with E-state index in [2.05, 4.69) is 217 Å². The SMILES string of the molecule is N#Cc1cccc(-c2ccc3c(c2)c2ccccc2n3-c2ccc(-c3ccc[c]([Ge]([c]4ccccc4)([c]4ccccc4)[c]4ccccc4)c3)cc2-c2nc(-c3ccccc3)nc(-c3ccccc3)n2)c1. The summed E-state index contributed by atoms with van der Waals surface area (Å²) in [6.45, 7) is 0. The van der Waals surface area contributed by atoms with Crippen LogP contribution in [-0.4, -0.2) is 32.8 Å². The summed E-state index contributed by atoms with van der Waals surface area (Å²) in [7, 11) is 0. The van der Waals surface area contributed by atoms with Crippen LogP contribution in [0.15, 0.2) is 261 Å². The molecule has 10 aromatic carbocycles. The summed E-state index contributed by atoms with van der Waals surface area (Å²) in [6.07, 6.45) is 0. The molecule has 0 radical (unpaired) electrons. The Bertz CT molecular complexity index is 3730. The van der Waals surface area contributed by atoms with E-state index in [9.17, 15) is 5.26 Å². The van der Waals surface area contributed by atoms with Crippen LogP contribution in [0.1, 0.15) is 5.56 Å². The van der Waals surface area contributed by atoms with Gasteiger partial charge in [0.15, 0.2) is 0 Å². The first-order chi connectivity index (χ1) is 34.7. The first-order valence-corrected chi connectivity index (χ1v) is 27.7. The maximum atomic E-state index is 9.75. The zero-order chi connectivity index (χ0) is 46.9. The molecule has 2 aromatic heterocycles. The number of para-hydroxylation sites is 1. The molecule has 0 aliphatic rings. The van der Waals surface area contributed by atoms with Crippen LogP contribution in [0.2, 0.25) is 0 Å². The van der Waals surface area contributed by atoms with Gasteiger partial charge in [0.2, 0.25) is 0 Å². The van der Waals surface area contributed by atoms with Crippen molar-refractivity contribution in [2.45, 2.75) is 0 Å². The molecule has 0 saturated heterocycles. The maximum Gasteiger partial charge on any atom is -0.0365 e. The standard InChI is InChI=1S/C64H43GeN5/c66-44-45-20-18-25-48(40-45)50-36-38-60-57(42-50)56-34-16-17-35-59(56)70(60)61-39-37-51(43-58(61)64-68-62(46-21-6-1-7-22-46)67-63(69-64)47-23-8-2-9-24-47)49-26-19-33-55(41-49)65(52-27-10-3-11-28-52,53-29-12-4-13-30-53)54-31-14-5-15-32-54/h1-43H. The predicted molar refractivity (Wildman–Crippen MR) is 290 cm³/mol. The van der Waals surface area contributed by atoms with E-state index in [0.29, 0.717) is 23.0 Å². The van der Waals surface area contributed by atoms with Gasteiger partial charge in [-0.3, -0.25) is 0 Å². The Morgan fingerprint density at radius 3 is 1.37 bits per heavy atom. The van der Waals surface area contributed by atoms with E-state index in [-0.39, 0.29) is 0 Å². The van der Waals surface area contributed by atoms with Gasteiger partial charge in [0.1, 0.15) is 0 Å². The average Bonchev–Trinajstić information content (AvgIpc) is 3.78. The quantitative estimate of drug-likeness (QED) is 0.128. The van der Waals surface area contributed by atoms with Crippen LogP contribution in [-0.2, 0) is 0 Å². The molecular weight excluding hydrogens is 911 g/mol. The van der Waals surface area contributed by atoms with Crippen molar-refractivity contribution in [1.82, 2.24) is 19.5 Å². The minimum absolute atomic E-state index is 0.571. The molecule has 328 valence electrons. The van der Waals surface area contributed by atoms with Crippen LogP contribution in [0.4, 0.5) is 0 Å². The molecule has 0 N–H and O–H groups in total. The van der Waals surface area contributed by atoms with Crippen molar-refractivity contribution >= 4 is 52.7 Å². The number of nitrogens with zero attached hydrogens (tertiary/aromatic N) is 5. The number of benzene rings is 10. The Hall–Kier alpha value is -8.96. The molecule has 12 rings (SSSR count). The number of hydrogen-bond donors (Lipinski definition) is 0. The molecule has 0 saturated carbocycles. The van der Waals surface area contributed by atoms with Gasteiger partial charge in [-0.2, -0.15) is 5.26 Å². The molecule has 70 heavy (non-hydrogen) atoms. The minimum Gasteiger partial charge on any atom is -0.0365 e. The van der Waals surface area contributed by atoms with E-state index in [1.54, 1.807) is 0 Å². The van der Waals surface area contributed by atoms with Gasteiger partial charge in [-0.05, 0) is 17.7 Å². The molecule has 0 bridgehead atoms. The van der Waals surface area contributed by atoms with Gasteiger partial charge in [-0.15, -0.1) is 0 Å². The van der Waals surface area contributed by atoms with Gasteiger partial charge < -0.3 is 0 Å². The Labute approximate surface area is 409 Å². The second-order valence-corrected chi connectivity index (χ2v) is 25.5. The van der Waals surface area contributed by atoms with Gasteiger partial charge in [-0.25, -0.2) is 0 Å². The second kappa shape index (κ2) is 18.3. The predicted octanol–water partition coefficient (Wildman–Crippen LogP) is 12.6. The number of fused-ring (bicyclic) bond motifs is 3. The molecule has 0 spiro atoms. The summed E-state index contributed by atoms with van der Waals surface area (Å²) in [4.78, 5) is 15.8. The van der Waals surface area contributed by atoms with Gasteiger partial charge >= 0.3 is 353 Å². The Morgan fingerprint density at radius 2 is 0.771 bits per heavy atom. The van der Waals surface area contributed by atoms with Crippen molar-refractivity contribution < 1.29 is 0 Å². The fraction of sp³-hybridized carbons (Fsp3) is 0. The Morgan fingerprint density at radius 1 is 0.329 bits per heavy atom. The second-order valence-electron chi connectivity index (χ2n) is 17.5. The third kappa shape index (κ3) is 7.58. The molecule has 0 fully saturated rings. The van der Waals surface area contributed by atoms with E-state index in [1.807, 2.05) is 54.6 Å². The van der Waals surface area contributed by atoms with Crippen LogP contribution < -0.4 is 17.6 Å². The summed E-state index contributed by atoms with van der Waals surface area (Å²) in [5.41, 5.74) is 10.6. The number of nitriles is 1. The maximum absolute atomic E-state index is 9.75. The molecule has 6 heteroatoms. The topological polar surface area (TPSA) is 67.4 Å². The van der Waals surface area contributed by atoms with Crippen LogP contribution in [0.5, 0.6) is 0 Å². The van der Waals surface area contributed by atoms with E-state index >= 15 is 0 Å². The van der Waals surface area contributed by atoms with Crippen molar-refractivity contribution in [2.75, 3.05) is 0 Å². The van der Waals surface area contributed by atoms with Crippen LogP contribution >= 0.6 is 0 Å². The van der Waals surface area contributed by atoms with Gasteiger partial charge in [-0.1, -0.05) is 24.3 Å². The minimum atomic E-state index is -3.61. The summed E-state index contributed by atoms with van der Waals surface area (Å²) in [6, 6.07) is 95.0. The van der Waals surface area contributed by atoms with E-state index < -0.39 is 13.3 Å². The number of hydrogen-bond acceptors (Lipinski definition) is 4. The molecule has 0 unspecified atom stereocenters. The zero-order valence-electron chi connectivity index (χ0n) is 38.1. The Balaban J connectivity index is 1.12. The fourth-order valence-corrected chi connectivity index (χ4v) is 20.3. The van der Waals surface area contributed by atoms with Crippen molar-refractivity contribution in [3.63, 3.8) is 0 Å². The molecule has 0 aliphatic carbocycles. The van der Waals surface area contributed by atoms with Gasteiger partial charge in [0.05, 0.1) is 11.6 Å². The average molecular weight is 955 g/mol. The van der Waals surface area contributed by atoms with E-state index in [0.717, 1.165) is 66.4 Å². The fourth-order valence-electron chi connectivity index (χ4n) is 10.2. The van der Waals surface area contributed by atoms with Crippen molar-refractivity contribution in [3.05, 3.63) is 266 Å². The van der Waals surface area contributed by atoms with Crippen LogP contribution in [0.25, 0.3) is 83.9 Å². The molecular formula is C64H43GeN5. The summed E-state index contributed by atoms with van der Waals surface area (Å²) in [5.74, 6) is 1.77.